The number of benzene rings is 1. The minimum absolute atomic E-state index is 0.472. The van der Waals surface area contributed by atoms with Crippen molar-refractivity contribution in [3.63, 3.8) is 0 Å². The van der Waals surface area contributed by atoms with E-state index in [1.807, 2.05) is 36.4 Å². The monoisotopic (exact) mass is 351 g/mol. The smallest absolute Gasteiger partial charge is 0.175 e. The number of thiocarbonyl (C=S) groups is 1. The molecular formula is C14H14BrN3OS. The highest BCUT2D eigenvalue weighted by atomic mass is 79.9. The third kappa shape index (κ3) is 4.18. The molecule has 1 aromatic heterocycles. The van der Waals surface area contributed by atoms with Crippen molar-refractivity contribution in [2.24, 2.45) is 0 Å². The zero-order chi connectivity index (χ0) is 14.4. The molecule has 1 aromatic carbocycles. The van der Waals surface area contributed by atoms with Gasteiger partial charge in [0.05, 0.1) is 0 Å². The van der Waals surface area contributed by atoms with Crippen LogP contribution in [0.5, 0.6) is 5.75 Å². The normalized spacial score (nSPS) is 9.90. The third-order valence-corrected chi connectivity index (χ3v) is 3.26. The van der Waals surface area contributed by atoms with Gasteiger partial charge in [-0.25, -0.2) is 4.98 Å². The molecule has 4 nitrogen and oxygen atoms in total. The number of halogens is 1. The molecule has 0 aliphatic heterocycles. The Labute approximate surface area is 131 Å². The Hall–Kier alpha value is -1.66. The summed E-state index contributed by atoms with van der Waals surface area (Å²) in [6.45, 7) is 0.472. The lowest BCUT2D eigenvalue weighted by molar-refractivity contribution is 0.306. The highest BCUT2D eigenvalue weighted by molar-refractivity contribution is 9.10. The van der Waals surface area contributed by atoms with Crippen LogP contribution in [-0.2, 0) is 6.61 Å². The van der Waals surface area contributed by atoms with Crippen molar-refractivity contribution in [1.29, 1.82) is 0 Å². The summed E-state index contributed by atoms with van der Waals surface area (Å²) in [5.41, 5.74) is 1.09. The summed E-state index contributed by atoms with van der Waals surface area (Å²) in [5.74, 6) is 1.23. The molecule has 0 spiro atoms. The van der Waals surface area contributed by atoms with Crippen molar-refractivity contribution in [3.8, 4) is 5.75 Å². The van der Waals surface area contributed by atoms with Crippen LogP contribution in [0.2, 0.25) is 0 Å². The van der Waals surface area contributed by atoms with Crippen molar-refractivity contribution in [2.45, 2.75) is 6.61 Å². The Balaban J connectivity index is 2.13. The number of aromatic nitrogens is 1. The Morgan fingerprint density at radius 1 is 1.35 bits per heavy atom. The number of nitrogens with zero attached hydrogens (tertiary/aromatic N) is 1. The lowest BCUT2D eigenvalue weighted by Gasteiger charge is -2.13. The molecule has 1 heterocycles. The first kappa shape index (κ1) is 14.7. The second-order valence-electron chi connectivity index (χ2n) is 3.98. The average Bonchev–Trinajstić information content (AvgIpc) is 2.48. The fourth-order valence-electron chi connectivity index (χ4n) is 1.53. The van der Waals surface area contributed by atoms with E-state index < -0.39 is 0 Å². The topological polar surface area (TPSA) is 46.2 Å². The van der Waals surface area contributed by atoms with Crippen molar-refractivity contribution in [3.05, 3.63) is 52.6 Å². The summed E-state index contributed by atoms with van der Waals surface area (Å²) in [6.07, 6.45) is 1.69. The van der Waals surface area contributed by atoms with Gasteiger partial charge in [-0.1, -0.05) is 30.3 Å². The zero-order valence-electron chi connectivity index (χ0n) is 10.9. The number of hydrogen-bond acceptors (Lipinski definition) is 3. The van der Waals surface area contributed by atoms with Crippen molar-refractivity contribution in [1.82, 2.24) is 10.3 Å². The fourth-order valence-corrected chi connectivity index (χ4v) is 1.94. The molecule has 0 bridgehead atoms. The number of ether oxygens (including phenoxy) is 1. The van der Waals surface area contributed by atoms with Gasteiger partial charge in [-0.3, -0.25) is 0 Å². The lowest BCUT2D eigenvalue weighted by atomic mass is 10.2. The van der Waals surface area contributed by atoms with E-state index in [1.54, 1.807) is 13.2 Å². The molecule has 2 aromatic rings. The van der Waals surface area contributed by atoms with Gasteiger partial charge in [0.1, 0.15) is 6.61 Å². The summed E-state index contributed by atoms with van der Waals surface area (Å²) in [6, 6.07) is 11.8. The molecular weight excluding hydrogens is 338 g/mol. The van der Waals surface area contributed by atoms with Gasteiger partial charge in [-0.15, -0.1) is 0 Å². The zero-order valence-corrected chi connectivity index (χ0v) is 13.3. The van der Waals surface area contributed by atoms with Crippen LogP contribution in [-0.4, -0.2) is 17.1 Å². The molecule has 0 fully saturated rings. The number of anilines is 1. The van der Waals surface area contributed by atoms with Gasteiger partial charge in [-0.05, 0) is 39.8 Å². The van der Waals surface area contributed by atoms with Crippen molar-refractivity contribution < 1.29 is 4.74 Å². The molecule has 0 saturated carbocycles. The molecule has 0 aliphatic carbocycles. The van der Waals surface area contributed by atoms with Gasteiger partial charge in [0, 0.05) is 17.7 Å². The Morgan fingerprint density at radius 2 is 2.10 bits per heavy atom. The number of pyridine rings is 1. The van der Waals surface area contributed by atoms with E-state index in [4.69, 9.17) is 17.0 Å². The van der Waals surface area contributed by atoms with Crippen molar-refractivity contribution in [2.75, 3.05) is 12.4 Å². The molecule has 0 radical (unpaired) electrons. The molecule has 2 rings (SSSR count). The van der Waals surface area contributed by atoms with Gasteiger partial charge in [-0.2, -0.15) is 0 Å². The Morgan fingerprint density at radius 3 is 2.80 bits per heavy atom. The first-order valence-electron chi connectivity index (χ1n) is 6.00. The molecule has 2 N–H and O–H groups in total. The third-order valence-electron chi connectivity index (χ3n) is 2.52. The summed E-state index contributed by atoms with van der Waals surface area (Å²) in [4.78, 5) is 4.27. The number of hydrogen-bond donors (Lipinski definition) is 2. The predicted molar refractivity (Wildman–Crippen MR) is 88.0 cm³/mol. The summed E-state index contributed by atoms with van der Waals surface area (Å²) >= 11 is 8.46. The van der Waals surface area contributed by atoms with Gasteiger partial charge in [0.25, 0.3) is 0 Å². The van der Waals surface area contributed by atoms with E-state index in [1.165, 1.54) is 0 Å². The first-order chi connectivity index (χ1) is 9.69. The number of nitrogens with one attached hydrogen (secondary N) is 2. The highest BCUT2D eigenvalue weighted by Gasteiger charge is 2.08. The maximum absolute atomic E-state index is 5.81. The van der Waals surface area contributed by atoms with E-state index >= 15 is 0 Å². The molecule has 0 atom stereocenters. The van der Waals surface area contributed by atoms with Crippen LogP contribution in [0.15, 0.2) is 47.1 Å². The highest BCUT2D eigenvalue weighted by Crippen LogP contribution is 2.26. The Kier molecular flexibility index (Phi) is 5.31. The first-order valence-corrected chi connectivity index (χ1v) is 7.20. The summed E-state index contributed by atoms with van der Waals surface area (Å²) in [7, 11) is 1.75. The van der Waals surface area contributed by atoms with Gasteiger partial charge in [0.2, 0.25) is 0 Å². The van der Waals surface area contributed by atoms with E-state index in [2.05, 4.69) is 31.5 Å². The van der Waals surface area contributed by atoms with Crippen LogP contribution in [0, 0.1) is 0 Å². The van der Waals surface area contributed by atoms with Crippen LogP contribution < -0.4 is 15.4 Å². The average molecular weight is 352 g/mol. The molecule has 0 amide bonds. The number of rotatable bonds is 4. The molecule has 6 heteroatoms. The second kappa shape index (κ2) is 7.21. The molecule has 0 unspecified atom stereocenters. The quantitative estimate of drug-likeness (QED) is 0.827. The largest absolute Gasteiger partial charge is 0.485 e. The van der Waals surface area contributed by atoms with Crippen LogP contribution in [0.25, 0.3) is 0 Å². The van der Waals surface area contributed by atoms with Gasteiger partial charge in [0.15, 0.2) is 16.7 Å². The van der Waals surface area contributed by atoms with E-state index in [0.717, 1.165) is 10.0 Å². The maximum atomic E-state index is 5.81. The SMILES string of the molecule is CNC(=S)Nc1ncc(Br)cc1OCc1ccccc1. The minimum atomic E-state index is 0.472. The van der Waals surface area contributed by atoms with Crippen LogP contribution >= 0.6 is 28.1 Å². The molecule has 104 valence electrons. The predicted octanol–water partition coefficient (Wildman–Crippen LogP) is 3.34. The van der Waals surface area contributed by atoms with Crippen LogP contribution in [0.4, 0.5) is 5.82 Å². The summed E-state index contributed by atoms with van der Waals surface area (Å²) in [5, 5.41) is 6.32. The van der Waals surface area contributed by atoms with Gasteiger partial charge < -0.3 is 15.4 Å². The lowest BCUT2D eigenvalue weighted by Crippen LogP contribution is -2.25. The Bertz CT molecular complexity index is 592. The standard InChI is InChI=1S/C14H14BrN3OS/c1-16-14(20)18-13-12(7-11(15)8-17-13)19-9-10-5-3-2-4-6-10/h2-8H,9H2,1H3,(H2,16,17,18,20). The molecule has 0 saturated heterocycles. The molecule has 0 aliphatic rings. The minimum Gasteiger partial charge on any atom is -0.485 e. The van der Waals surface area contributed by atoms with Crippen molar-refractivity contribution >= 4 is 39.1 Å². The summed E-state index contributed by atoms with van der Waals surface area (Å²) < 4.78 is 6.66. The van der Waals surface area contributed by atoms with Crippen LogP contribution in [0.3, 0.4) is 0 Å². The van der Waals surface area contributed by atoms with E-state index in [0.29, 0.717) is 23.3 Å². The van der Waals surface area contributed by atoms with Gasteiger partial charge >= 0.3 is 0 Å². The fraction of sp³-hybridized carbons (Fsp3) is 0.143. The second-order valence-corrected chi connectivity index (χ2v) is 5.30. The molecule has 20 heavy (non-hydrogen) atoms. The maximum Gasteiger partial charge on any atom is 0.175 e. The van der Waals surface area contributed by atoms with Crippen LogP contribution in [0.1, 0.15) is 5.56 Å². The van der Waals surface area contributed by atoms with E-state index in [-0.39, 0.29) is 0 Å². The van der Waals surface area contributed by atoms with E-state index in [9.17, 15) is 0 Å².